The van der Waals surface area contributed by atoms with Crippen LogP contribution in [0.3, 0.4) is 0 Å². The minimum absolute atomic E-state index is 0.0874. The lowest BCUT2D eigenvalue weighted by molar-refractivity contribution is -0.147. The molecule has 3 rings (SSSR count). The first kappa shape index (κ1) is 16.2. The second-order valence-electron chi connectivity index (χ2n) is 6.91. The van der Waals surface area contributed by atoms with Crippen LogP contribution in [0.5, 0.6) is 0 Å². The number of benzene rings is 1. The molecule has 1 heterocycles. The van der Waals surface area contributed by atoms with Crippen molar-refractivity contribution in [1.82, 2.24) is 5.16 Å². The summed E-state index contributed by atoms with van der Waals surface area (Å²) < 4.78 is 10.5. The van der Waals surface area contributed by atoms with Gasteiger partial charge < -0.3 is 9.26 Å². The maximum absolute atomic E-state index is 11.8. The SMILES string of the molecule is CC(C)(C)c1ccc(-c2cc(COC(=O)C3C=CC=C3)on2)cc1. The lowest BCUT2D eigenvalue weighted by Gasteiger charge is -2.18. The third kappa shape index (κ3) is 3.65. The van der Waals surface area contributed by atoms with Crippen molar-refractivity contribution in [3.05, 3.63) is 66.0 Å². The molecule has 1 aromatic carbocycles. The normalized spacial score (nSPS) is 14.3. The third-order valence-electron chi connectivity index (χ3n) is 3.98. The van der Waals surface area contributed by atoms with Gasteiger partial charge in [-0.1, -0.05) is 74.5 Å². The Balaban J connectivity index is 1.64. The van der Waals surface area contributed by atoms with Gasteiger partial charge in [0.05, 0.1) is 5.92 Å². The molecular formula is C20H21NO3. The Morgan fingerprint density at radius 2 is 1.83 bits per heavy atom. The van der Waals surface area contributed by atoms with Crippen LogP contribution in [0.4, 0.5) is 0 Å². The molecule has 0 amide bonds. The minimum Gasteiger partial charge on any atom is -0.457 e. The fourth-order valence-corrected chi connectivity index (χ4v) is 2.49. The van der Waals surface area contributed by atoms with Crippen molar-refractivity contribution in [2.75, 3.05) is 0 Å². The molecule has 4 nitrogen and oxygen atoms in total. The van der Waals surface area contributed by atoms with Gasteiger partial charge in [0, 0.05) is 11.6 Å². The highest BCUT2D eigenvalue weighted by atomic mass is 16.5. The Morgan fingerprint density at radius 1 is 1.17 bits per heavy atom. The Labute approximate surface area is 141 Å². The number of hydrogen-bond acceptors (Lipinski definition) is 4. The minimum atomic E-state index is -0.294. The first-order valence-corrected chi connectivity index (χ1v) is 8.01. The van der Waals surface area contributed by atoms with Gasteiger partial charge >= 0.3 is 5.97 Å². The highest BCUT2D eigenvalue weighted by molar-refractivity contribution is 5.77. The van der Waals surface area contributed by atoms with Crippen LogP contribution in [0.15, 0.2) is 59.2 Å². The zero-order valence-electron chi connectivity index (χ0n) is 14.2. The van der Waals surface area contributed by atoms with E-state index in [0.29, 0.717) is 5.76 Å². The topological polar surface area (TPSA) is 52.3 Å². The zero-order chi connectivity index (χ0) is 17.2. The molecule has 0 aliphatic heterocycles. The maximum Gasteiger partial charge on any atom is 0.317 e. The fraction of sp³-hybridized carbons (Fsp3) is 0.300. The standard InChI is InChI=1S/C20H21NO3/c1-20(2,3)16-10-8-14(9-11-16)18-12-17(24-21-18)13-23-19(22)15-6-4-5-7-15/h4-12,15H,13H2,1-3H3. The molecule has 1 aromatic heterocycles. The van der Waals surface area contributed by atoms with Gasteiger partial charge in [0.2, 0.25) is 0 Å². The van der Waals surface area contributed by atoms with Crippen LogP contribution in [0, 0.1) is 5.92 Å². The Morgan fingerprint density at radius 3 is 2.46 bits per heavy atom. The molecule has 4 heteroatoms. The molecule has 124 valence electrons. The predicted octanol–water partition coefficient (Wildman–Crippen LogP) is 4.42. The molecule has 1 aliphatic carbocycles. The van der Waals surface area contributed by atoms with Crippen molar-refractivity contribution in [3.63, 3.8) is 0 Å². The van der Waals surface area contributed by atoms with Crippen molar-refractivity contribution in [3.8, 4) is 11.3 Å². The van der Waals surface area contributed by atoms with Crippen molar-refractivity contribution in [2.24, 2.45) is 5.92 Å². The van der Waals surface area contributed by atoms with Crippen molar-refractivity contribution >= 4 is 5.97 Å². The Kier molecular flexibility index (Phi) is 4.38. The van der Waals surface area contributed by atoms with E-state index in [4.69, 9.17) is 9.26 Å². The number of carbonyl (C=O) groups excluding carboxylic acids is 1. The van der Waals surface area contributed by atoms with Crippen molar-refractivity contribution in [1.29, 1.82) is 0 Å². The molecule has 0 N–H and O–H groups in total. The number of nitrogens with zero attached hydrogens (tertiary/aromatic N) is 1. The smallest absolute Gasteiger partial charge is 0.317 e. The lowest BCUT2D eigenvalue weighted by Crippen LogP contribution is -2.12. The molecule has 0 saturated carbocycles. The molecule has 2 aromatic rings. The number of carbonyl (C=O) groups is 1. The largest absolute Gasteiger partial charge is 0.457 e. The number of rotatable bonds is 4. The highest BCUT2D eigenvalue weighted by Crippen LogP contribution is 2.26. The summed E-state index contributed by atoms with van der Waals surface area (Å²) in [5.74, 6) is -0.0472. The summed E-state index contributed by atoms with van der Waals surface area (Å²) in [6.45, 7) is 6.63. The molecule has 0 bridgehead atoms. The average molecular weight is 323 g/mol. The molecule has 0 spiro atoms. The second-order valence-corrected chi connectivity index (χ2v) is 6.91. The van der Waals surface area contributed by atoms with Crippen LogP contribution < -0.4 is 0 Å². The highest BCUT2D eigenvalue weighted by Gasteiger charge is 2.17. The van der Waals surface area contributed by atoms with E-state index in [9.17, 15) is 4.79 Å². The first-order valence-electron chi connectivity index (χ1n) is 8.01. The summed E-state index contributed by atoms with van der Waals surface area (Å²) in [4.78, 5) is 11.8. The van der Waals surface area contributed by atoms with Gasteiger partial charge in [-0.3, -0.25) is 4.79 Å². The molecule has 0 atom stereocenters. The molecule has 1 aliphatic rings. The van der Waals surface area contributed by atoms with Gasteiger partial charge in [0.1, 0.15) is 5.69 Å². The van der Waals surface area contributed by atoms with Crippen molar-refractivity contribution < 1.29 is 14.1 Å². The van der Waals surface area contributed by atoms with E-state index in [1.807, 2.05) is 24.3 Å². The van der Waals surface area contributed by atoms with E-state index in [2.05, 4.69) is 38.1 Å². The first-order chi connectivity index (χ1) is 11.4. The predicted molar refractivity (Wildman–Crippen MR) is 92.2 cm³/mol. The van der Waals surface area contributed by atoms with Gasteiger partial charge in [-0.15, -0.1) is 0 Å². The lowest BCUT2D eigenvalue weighted by atomic mass is 9.86. The molecule has 0 saturated heterocycles. The summed E-state index contributed by atoms with van der Waals surface area (Å²) >= 11 is 0. The quantitative estimate of drug-likeness (QED) is 0.781. The third-order valence-corrected chi connectivity index (χ3v) is 3.98. The number of esters is 1. The molecule has 0 radical (unpaired) electrons. The Hall–Kier alpha value is -2.62. The van der Waals surface area contributed by atoms with Crippen LogP contribution in [0.2, 0.25) is 0 Å². The van der Waals surface area contributed by atoms with E-state index in [1.54, 1.807) is 18.2 Å². The number of ether oxygens (including phenoxy) is 1. The summed E-state index contributed by atoms with van der Waals surface area (Å²) in [7, 11) is 0. The van der Waals surface area contributed by atoms with Gasteiger partial charge in [0.15, 0.2) is 12.4 Å². The van der Waals surface area contributed by atoms with E-state index < -0.39 is 0 Å². The van der Waals surface area contributed by atoms with Gasteiger partial charge in [-0.05, 0) is 11.0 Å². The molecule has 0 fully saturated rings. The summed E-state index contributed by atoms with van der Waals surface area (Å²) in [5, 5.41) is 4.06. The second kappa shape index (κ2) is 6.48. The number of hydrogen-bond donors (Lipinski definition) is 0. The van der Waals surface area contributed by atoms with Crippen LogP contribution in [0.1, 0.15) is 32.1 Å². The van der Waals surface area contributed by atoms with E-state index >= 15 is 0 Å². The zero-order valence-corrected chi connectivity index (χ0v) is 14.2. The van der Waals surface area contributed by atoms with E-state index in [0.717, 1.165) is 11.3 Å². The molecule has 24 heavy (non-hydrogen) atoms. The van der Waals surface area contributed by atoms with Gasteiger partial charge in [0.25, 0.3) is 0 Å². The monoisotopic (exact) mass is 323 g/mol. The van der Waals surface area contributed by atoms with Crippen LogP contribution in [-0.2, 0) is 21.6 Å². The average Bonchev–Trinajstić information content (AvgIpc) is 3.23. The maximum atomic E-state index is 11.8. The summed E-state index contributed by atoms with van der Waals surface area (Å²) in [6.07, 6.45) is 7.26. The number of aromatic nitrogens is 1. The van der Waals surface area contributed by atoms with E-state index in [-0.39, 0.29) is 23.9 Å². The molecule has 0 unspecified atom stereocenters. The Bertz CT molecular complexity index is 764. The van der Waals surface area contributed by atoms with Crippen LogP contribution in [0.25, 0.3) is 11.3 Å². The van der Waals surface area contributed by atoms with E-state index in [1.165, 1.54) is 5.56 Å². The van der Waals surface area contributed by atoms with Gasteiger partial charge in [-0.2, -0.15) is 0 Å². The summed E-state index contributed by atoms with van der Waals surface area (Å²) in [6, 6.07) is 10.1. The number of allylic oxidation sites excluding steroid dienone is 2. The van der Waals surface area contributed by atoms with Crippen LogP contribution >= 0.6 is 0 Å². The van der Waals surface area contributed by atoms with Gasteiger partial charge in [-0.25, -0.2) is 0 Å². The molecular weight excluding hydrogens is 302 g/mol. The van der Waals surface area contributed by atoms with Crippen molar-refractivity contribution in [2.45, 2.75) is 32.8 Å². The summed E-state index contributed by atoms with van der Waals surface area (Å²) in [5.41, 5.74) is 3.10. The van der Waals surface area contributed by atoms with Crippen LogP contribution in [-0.4, -0.2) is 11.1 Å². The fourth-order valence-electron chi connectivity index (χ4n) is 2.49.